The average Bonchev–Trinajstić information content (AvgIpc) is 2.05. The molecule has 0 saturated heterocycles. The molecule has 4 heteroatoms. The number of rotatable bonds is 4. The Morgan fingerprint density at radius 1 is 1.67 bits per heavy atom. The second-order valence-corrected chi connectivity index (χ2v) is 2.46. The van der Waals surface area contributed by atoms with Crippen LogP contribution in [0, 0.1) is 0 Å². The summed E-state index contributed by atoms with van der Waals surface area (Å²) in [7, 11) is 0. The van der Waals surface area contributed by atoms with Crippen molar-refractivity contribution in [1.82, 2.24) is 9.97 Å². The largest absolute Gasteiger partial charge is 0.375 e. The van der Waals surface area contributed by atoms with E-state index in [1.807, 2.05) is 6.92 Å². The molecule has 0 fully saturated rings. The van der Waals surface area contributed by atoms with Crippen LogP contribution < -0.4 is 5.56 Å². The molecule has 1 heterocycles. The van der Waals surface area contributed by atoms with Crippen LogP contribution in [-0.4, -0.2) is 16.6 Å². The number of nitrogens with one attached hydrogen (secondary N) is 1. The van der Waals surface area contributed by atoms with E-state index in [1.54, 1.807) is 0 Å². The Hall–Kier alpha value is -1.16. The molecule has 0 atom stereocenters. The molecule has 1 aromatic rings. The summed E-state index contributed by atoms with van der Waals surface area (Å²) in [4.78, 5) is 17.1. The minimum Gasteiger partial charge on any atom is -0.375 e. The molecule has 0 amide bonds. The molecule has 0 bridgehead atoms. The van der Waals surface area contributed by atoms with Crippen molar-refractivity contribution in [3.63, 3.8) is 0 Å². The molecule has 0 unspecified atom stereocenters. The fourth-order valence-electron chi connectivity index (χ4n) is 0.809. The second-order valence-electron chi connectivity index (χ2n) is 2.46. The van der Waals surface area contributed by atoms with E-state index in [4.69, 9.17) is 4.74 Å². The molecule has 0 aromatic carbocycles. The molecular formula is C8H12N2O2. The van der Waals surface area contributed by atoms with Crippen LogP contribution in [0.1, 0.15) is 19.0 Å². The summed E-state index contributed by atoms with van der Waals surface area (Å²) >= 11 is 0. The highest BCUT2D eigenvalue weighted by molar-refractivity contribution is 4.95. The Labute approximate surface area is 70.6 Å². The third kappa shape index (κ3) is 2.84. The Kier molecular flexibility index (Phi) is 3.47. The number of ether oxygens (including phenoxy) is 1. The van der Waals surface area contributed by atoms with Crippen LogP contribution in [0.4, 0.5) is 0 Å². The molecule has 0 aliphatic heterocycles. The zero-order valence-corrected chi connectivity index (χ0v) is 7.04. The van der Waals surface area contributed by atoms with E-state index in [0.29, 0.717) is 18.9 Å². The average molecular weight is 168 g/mol. The van der Waals surface area contributed by atoms with E-state index < -0.39 is 0 Å². The molecule has 1 aromatic heterocycles. The summed E-state index contributed by atoms with van der Waals surface area (Å²) in [6.45, 7) is 3.15. The van der Waals surface area contributed by atoms with Crippen molar-refractivity contribution in [1.29, 1.82) is 0 Å². The lowest BCUT2D eigenvalue weighted by atomic mass is 10.4. The van der Waals surface area contributed by atoms with E-state index in [9.17, 15) is 4.79 Å². The van der Waals surface area contributed by atoms with Crippen LogP contribution in [0.2, 0.25) is 0 Å². The van der Waals surface area contributed by atoms with Gasteiger partial charge in [0.05, 0.1) is 18.6 Å². The standard InChI is InChI=1S/C8H12N2O2/c1-2-3-12-5-7-4-8(11)10-6-9-7/h4,6H,2-3,5H2,1H3,(H,9,10,11). The predicted octanol–water partition coefficient (Wildman–Crippen LogP) is 0.696. The first-order valence-corrected chi connectivity index (χ1v) is 3.94. The first-order chi connectivity index (χ1) is 5.83. The van der Waals surface area contributed by atoms with Gasteiger partial charge >= 0.3 is 0 Å². The maximum Gasteiger partial charge on any atom is 0.250 e. The van der Waals surface area contributed by atoms with Crippen LogP contribution in [0.5, 0.6) is 0 Å². The maximum absolute atomic E-state index is 10.8. The molecule has 4 nitrogen and oxygen atoms in total. The topological polar surface area (TPSA) is 55.0 Å². The molecule has 0 saturated carbocycles. The minimum absolute atomic E-state index is 0.139. The smallest absolute Gasteiger partial charge is 0.250 e. The second kappa shape index (κ2) is 4.66. The lowest BCUT2D eigenvalue weighted by Gasteiger charge is -1.99. The maximum atomic E-state index is 10.8. The van der Waals surface area contributed by atoms with Crippen molar-refractivity contribution in [2.75, 3.05) is 6.61 Å². The van der Waals surface area contributed by atoms with Gasteiger partial charge in [-0.1, -0.05) is 6.92 Å². The van der Waals surface area contributed by atoms with Gasteiger partial charge in [0.2, 0.25) is 0 Å². The number of nitrogens with zero attached hydrogens (tertiary/aromatic N) is 1. The van der Waals surface area contributed by atoms with Crippen molar-refractivity contribution >= 4 is 0 Å². The van der Waals surface area contributed by atoms with Crippen molar-refractivity contribution in [3.8, 4) is 0 Å². The fraction of sp³-hybridized carbons (Fsp3) is 0.500. The van der Waals surface area contributed by atoms with Gasteiger partial charge in [-0.3, -0.25) is 4.79 Å². The summed E-state index contributed by atoms with van der Waals surface area (Å²) < 4.78 is 5.21. The number of aromatic nitrogens is 2. The Balaban J connectivity index is 2.47. The van der Waals surface area contributed by atoms with Gasteiger partial charge in [0, 0.05) is 12.7 Å². The fourth-order valence-corrected chi connectivity index (χ4v) is 0.809. The Morgan fingerprint density at radius 3 is 3.17 bits per heavy atom. The summed E-state index contributed by atoms with van der Waals surface area (Å²) in [5.74, 6) is 0. The van der Waals surface area contributed by atoms with E-state index >= 15 is 0 Å². The summed E-state index contributed by atoms with van der Waals surface area (Å²) in [6, 6.07) is 1.44. The van der Waals surface area contributed by atoms with Gasteiger partial charge < -0.3 is 9.72 Å². The van der Waals surface area contributed by atoms with Gasteiger partial charge in [-0.25, -0.2) is 4.98 Å². The summed E-state index contributed by atoms with van der Waals surface area (Å²) in [5, 5.41) is 0. The molecule has 1 rings (SSSR count). The van der Waals surface area contributed by atoms with Crippen molar-refractivity contribution in [2.45, 2.75) is 20.0 Å². The van der Waals surface area contributed by atoms with Crippen LogP contribution in [0.15, 0.2) is 17.2 Å². The lowest BCUT2D eigenvalue weighted by molar-refractivity contribution is 0.118. The first-order valence-electron chi connectivity index (χ1n) is 3.94. The van der Waals surface area contributed by atoms with Gasteiger partial charge in [-0.15, -0.1) is 0 Å². The van der Waals surface area contributed by atoms with Crippen molar-refractivity contribution in [3.05, 3.63) is 28.4 Å². The first kappa shape index (κ1) is 8.93. The van der Waals surface area contributed by atoms with Gasteiger partial charge in [0.15, 0.2) is 0 Å². The summed E-state index contributed by atoms with van der Waals surface area (Å²) in [6.07, 6.45) is 2.36. The Bertz CT molecular complexity index is 282. The van der Waals surface area contributed by atoms with Crippen LogP contribution in [0.3, 0.4) is 0 Å². The van der Waals surface area contributed by atoms with Gasteiger partial charge in [-0.05, 0) is 6.42 Å². The molecule has 0 aliphatic carbocycles. The van der Waals surface area contributed by atoms with Crippen LogP contribution >= 0.6 is 0 Å². The van der Waals surface area contributed by atoms with Crippen LogP contribution in [0.25, 0.3) is 0 Å². The third-order valence-corrected chi connectivity index (χ3v) is 1.33. The van der Waals surface area contributed by atoms with Gasteiger partial charge in [0.25, 0.3) is 5.56 Å². The quantitative estimate of drug-likeness (QED) is 0.673. The number of hydrogen-bond donors (Lipinski definition) is 1. The van der Waals surface area contributed by atoms with Gasteiger partial charge in [-0.2, -0.15) is 0 Å². The van der Waals surface area contributed by atoms with E-state index in [2.05, 4.69) is 9.97 Å². The molecule has 0 aliphatic rings. The normalized spacial score (nSPS) is 10.1. The Morgan fingerprint density at radius 2 is 2.50 bits per heavy atom. The van der Waals surface area contributed by atoms with Crippen LogP contribution in [-0.2, 0) is 11.3 Å². The third-order valence-electron chi connectivity index (χ3n) is 1.33. The molecule has 12 heavy (non-hydrogen) atoms. The SMILES string of the molecule is CCCOCc1cc(=O)[nH]cn1. The predicted molar refractivity (Wildman–Crippen MR) is 44.8 cm³/mol. The monoisotopic (exact) mass is 168 g/mol. The highest BCUT2D eigenvalue weighted by atomic mass is 16.5. The number of H-pyrrole nitrogens is 1. The number of hydrogen-bond acceptors (Lipinski definition) is 3. The molecule has 0 radical (unpaired) electrons. The molecular weight excluding hydrogens is 156 g/mol. The summed E-state index contributed by atoms with van der Waals surface area (Å²) in [5.41, 5.74) is 0.535. The molecule has 66 valence electrons. The highest BCUT2D eigenvalue weighted by Gasteiger charge is 1.93. The van der Waals surface area contributed by atoms with E-state index in [0.717, 1.165) is 6.42 Å². The minimum atomic E-state index is -0.139. The van der Waals surface area contributed by atoms with Gasteiger partial charge in [0.1, 0.15) is 0 Å². The molecule has 1 N–H and O–H groups in total. The zero-order valence-electron chi connectivity index (χ0n) is 7.04. The zero-order chi connectivity index (χ0) is 8.81. The van der Waals surface area contributed by atoms with Crippen molar-refractivity contribution in [2.24, 2.45) is 0 Å². The highest BCUT2D eigenvalue weighted by Crippen LogP contribution is 1.91. The lowest BCUT2D eigenvalue weighted by Crippen LogP contribution is -2.07. The number of aromatic amines is 1. The van der Waals surface area contributed by atoms with E-state index in [-0.39, 0.29) is 5.56 Å². The van der Waals surface area contributed by atoms with Crippen molar-refractivity contribution < 1.29 is 4.74 Å². The van der Waals surface area contributed by atoms with E-state index in [1.165, 1.54) is 12.4 Å². The molecule has 0 spiro atoms.